The minimum atomic E-state index is -0.869. The number of aliphatic carboxylic acids is 1. The molecule has 0 unspecified atom stereocenters. The first kappa shape index (κ1) is 19.5. The van der Waals surface area contributed by atoms with E-state index >= 15 is 0 Å². The fourth-order valence-corrected chi connectivity index (χ4v) is 3.07. The second-order valence-electron chi connectivity index (χ2n) is 6.48. The number of halogens is 2. The summed E-state index contributed by atoms with van der Waals surface area (Å²) >= 11 is 0. The van der Waals surface area contributed by atoms with E-state index in [-0.39, 0.29) is 28.3 Å². The molecule has 0 saturated carbocycles. The van der Waals surface area contributed by atoms with E-state index in [0.717, 1.165) is 18.2 Å². The van der Waals surface area contributed by atoms with Gasteiger partial charge in [-0.3, -0.25) is 14.4 Å². The molecule has 0 saturated heterocycles. The van der Waals surface area contributed by atoms with E-state index in [0.29, 0.717) is 31.3 Å². The van der Waals surface area contributed by atoms with Crippen LogP contribution in [0.3, 0.4) is 0 Å². The molecule has 0 aliphatic heterocycles. The molecule has 1 amide bonds. The maximum atomic E-state index is 14.0. The molecule has 8 heteroatoms. The van der Waals surface area contributed by atoms with Crippen LogP contribution in [0.4, 0.5) is 8.78 Å². The number of unbranched alkanes of at least 4 members (excludes halogenated alkanes) is 2. The largest absolute Gasteiger partial charge is 0.481 e. The lowest BCUT2D eigenvalue weighted by Crippen LogP contribution is -2.25. The highest BCUT2D eigenvalue weighted by molar-refractivity contribution is 6.07. The van der Waals surface area contributed by atoms with Gasteiger partial charge in [0, 0.05) is 29.3 Å². The molecule has 28 heavy (non-hydrogen) atoms. The summed E-state index contributed by atoms with van der Waals surface area (Å²) in [5.41, 5.74) is -0.0727. The first-order valence-corrected chi connectivity index (χ1v) is 8.81. The number of rotatable bonds is 7. The zero-order chi connectivity index (χ0) is 20.3. The highest BCUT2D eigenvalue weighted by Crippen LogP contribution is 2.20. The molecule has 1 aromatic heterocycles. The number of hydrogen-bond acceptors (Lipinski definition) is 3. The molecule has 2 aromatic carbocycles. The maximum Gasteiger partial charge on any atom is 0.303 e. The third-order valence-electron chi connectivity index (χ3n) is 4.43. The second-order valence-corrected chi connectivity index (χ2v) is 6.48. The summed E-state index contributed by atoms with van der Waals surface area (Å²) in [7, 11) is 0. The molecule has 0 aliphatic carbocycles. The van der Waals surface area contributed by atoms with E-state index in [2.05, 4.69) is 10.3 Å². The van der Waals surface area contributed by atoms with Gasteiger partial charge in [0.15, 0.2) is 5.43 Å². The summed E-state index contributed by atoms with van der Waals surface area (Å²) in [6, 6.07) is 5.69. The van der Waals surface area contributed by atoms with E-state index < -0.39 is 28.9 Å². The van der Waals surface area contributed by atoms with Crippen LogP contribution in [0.5, 0.6) is 0 Å². The first-order chi connectivity index (χ1) is 13.4. The molecule has 1 heterocycles. The van der Waals surface area contributed by atoms with Gasteiger partial charge in [-0.1, -0.05) is 6.42 Å². The van der Waals surface area contributed by atoms with Gasteiger partial charge in [-0.05, 0) is 43.2 Å². The molecule has 0 radical (unpaired) electrons. The average molecular weight is 388 g/mol. The topological polar surface area (TPSA) is 99.3 Å². The van der Waals surface area contributed by atoms with Gasteiger partial charge in [0.25, 0.3) is 5.91 Å². The number of carboxylic acids is 1. The van der Waals surface area contributed by atoms with E-state index in [1.165, 1.54) is 12.1 Å². The summed E-state index contributed by atoms with van der Waals surface area (Å²) in [4.78, 5) is 38.5. The zero-order valence-corrected chi connectivity index (χ0v) is 14.9. The lowest BCUT2D eigenvalue weighted by molar-refractivity contribution is -0.137. The number of amides is 1. The number of carboxylic acid groups (broad SMARTS) is 1. The second kappa shape index (κ2) is 8.16. The summed E-state index contributed by atoms with van der Waals surface area (Å²) in [6.07, 6.45) is 1.77. The third-order valence-corrected chi connectivity index (χ3v) is 4.43. The number of hydrogen-bond donors (Lipinski definition) is 3. The van der Waals surface area contributed by atoms with E-state index in [1.54, 1.807) is 0 Å². The summed E-state index contributed by atoms with van der Waals surface area (Å²) < 4.78 is 27.5. The number of carbonyl (C=O) groups is 2. The van der Waals surface area contributed by atoms with Crippen molar-refractivity contribution >= 4 is 33.7 Å². The fourth-order valence-electron chi connectivity index (χ4n) is 3.07. The Hall–Kier alpha value is -3.29. The number of benzene rings is 2. The van der Waals surface area contributed by atoms with Crippen LogP contribution in [0.25, 0.3) is 21.8 Å². The molecule has 0 fully saturated rings. The number of fused-ring (bicyclic) bond motifs is 2. The lowest BCUT2D eigenvalue weighted by atomic mass is 10.1. The van der Waals surface area contributed by atoms with Gasteiger partial charge in [0.05, 0.1) is 11.1 Å². The average Bonchev–Trinajstić information content (AvgIpc) is 2.65. The van der Waals surface area contributed by atoms with Crippen molar-refractivity contribution in [2.75, 3.05) is 6.54 Å². The van der Waals surface area contributed by atoms with E-state index in [1.807, 2.05) is 0 Å². The quantitative estimate of drug-likeness (QED) is 0.427. The molecule has 0 atom stereocenters. The molecule has 146 valence electrons. The number of H-pyrrole nitrogens is 1. The van der Waals surface area contributed by atoms with Crippen molar-refractivity contribution in [1.82, 2.24) is 10.3 Å². The highest BCUT2D eigenvalue weighted by Gasteiger charge is 2.16. The van der Waals surface area contributed by atoms with Crippen LogP contribution in [0, 0.1) is 11.6 Å². The first-order valence-electron chi connectivity index (χ1n) is 8.81. The van der Waals surface area contributed by atoms with Gasteiger partial charge >= 0.3 is 5.97 Å². The van der Waals surface area contributed by atoms with Crippen molar-refractivity contribution in [3.8, 4) is 0 Å². The van der Waals surface area contributed by atoms with Gasteiger partial charge in [0.1, 0.15) is 11.6 Å². The smallest absolute Gasteiger partial charge is 0.303 e. The Morgan fingerprint density at radius 2 is 1.75 bits per heavy atom. The number of pyridine rings is 1. The molecule has 6 nitrogen and oxygen atoms in total. The van der Waals surface area contributed by atoms with Crippen LogP contribution < -0.4 is 10.7 Å². The molecule has 3 aromatic rings. The molecule has 3 N–H and O–H groups in total. The molecular formula is C20H18F2N2O4. The predicted octanol–water partition coefficient (Wildman–Crippen LogP) is 3.33. The Labute approximate surface area is 158 Å². The van der Waals surface area contributed by atoms with Crippen molar-refractivity contribution < 1.29 is 23.5 Å². The van der Waals surface area contributed by atoms with Gasteiger partial charge in [0.2, 0.25) is 0 Å². The van der Waals surface area contributed by atoms with Crippen molar-refractivity contribution in [3.05, 3.63) is 57.8 Å². The van der Waals surface area contributed by atoms with Crippen molar-refractivity contribution in [2.45, 2.75) is 25.7 Å². The predicted molar refractivity (Wildman–Crippen MR) is 100 cm³/mol. The fraction of sp³-hybridized carbons (Fsp3) is 0.250. The molecule has 0 bridgehead atoms. The Morgan fingerprint density at radius 3 is 2.50 bits per heavy atom. The van der Waals surface area contributed by atoms with Crippen LogP contribution in [0.2, 0.25) is 0 Å². The summed E-state index contributed by atoms with van der Waals surface area (Å²) in [5.74, 6) is -2.76. The number of nitrogens with one attached hydrogen (secondary N) is 2. The van der Waals surface area contributed by atoms with Crippen LogP contribution in [-0.4, -0.2) is 28.5 Å². The van der Waals surface area contributed by atoms with Crippen molar-refractivity contribution in [1.29, 1.82) is 0 Å². The van der Waals surface area contributed by atoms with E-state index in [4.69, 9.17) is 5.11 Å². The standard InChI is InChI=1S/C20H18F2N2O4/c21-11-5-6-16-13(8-11)19(27)14-9-12(22)10-15(18(14)24-16)20(28)23-7-3-1-2-4-17(25)26/h5-6,8-10H,1-4,7H2,(H,23,28)(H,24,27)(H,25,26). The normalized spacial score (nSPS) is 11.1. The summed E-state index contributed by atoms with van der Waals surface area (Å²) in [6.45, 7) is 0.291. The van der Waals surface area contributed by atoms with Gasteiger partial charge in [-0.2, -0.15) is 0 Å². The minimum Gasteiger partial charge on any atom is -0.481 e. The van der Waals surface area contributed by atoms with Crippen LogP contribution in [-0.2, 0) is 4.79 Å². The Bertz CT molecular complexity index is 1120. The Kier molecular flexibility index (Phi) is 5.67. The maximum absolute atomic E-state index is 14.0. The van der Waals surface area contributed by atoms with Crippen LogP contribution in [0.15, 0.2) is 35.1 Å². The Balaban J connectivity index is 1.87. The van der Waals surface area contributed by atoms with Crippen LogP contribution >= 0.6 is 0 Å². The van der Waals surface area contributed by atoms with Crippen LogP contribution in [0.1, 0.15) is 36.0 Å². The Morgan fingerprint density at radius 1 is 1.00 bits per heavy atom. The minimum absolute atomic E-state index is 0.0242. The molecule has 3 rings (SSSR count). The number of aromatic amines is 1. The van der Waals surface area contributed by atoms with Gasteiger partial charge in [-0.25, -0.2) is 8.78 Å². The number of carbonyl (C=O) groups excluding carboxylic acids is 1. The van der Waals surface area contributed by atoms with Crippen molar-refractivity contribution in [3.63, 3.8) is 0 Å². The molecule has 0 aliphatic rings. The zero-order valence-electron chi connectivity index (χ0n) is 14.9. The van der Waals surface area contributed by atoms with E-state index in [9.17, 15) is 23.2 Å². The molecule has 0 spiro atoms. The summed E-state index contributed by atoms with van der Waals surface area (Å²) in [5, 5.41) is 11.3. The molecular weight excluding hydrogens is 370 g/mol. The van der Waals surface area contributed by atoms with Crippen molar-refractivity contribution in [2.24, 2.45) is 0 Å². The highest BCUT2D eigenvalue weighted by atomic mass is 19.1. The van der Waals surface area contributed by atoms with Gasteiger partial charge in [-0.15, -0.1) is 0 Å². The number of aromatic nitrogens is 1. The SMILES string of the molecule is O=C(O)CCCCCNC(=O)c1cc(F)cc2c(=O)c3cc(F)ccc3[nH]c12. The third kappa shape index (κ3) is 4.16. The lowest BCUT2D eigenvalue weighted by Gasteiger charge is -2.10. The van der Waals surface area contributed by atoms with Gasteiger partial charge < -0.3 is 15.4 Å². The monoisotopic (exact) mass is 388 g/mol.